The van der Waals surface area contributed by atoms with Crippen molar-refractivity contribution in [1.29, 1.82) is 5.26 Å². The number of benzene rings is 1. The number of pyridine rings is 1. The number of likely N-dealkylation sites (tertiary alicyclic amines) is 1. The van der Waals surface area contributed by atoms with Crippen molar-refractivity contribution in [2.24, 2.45) is 5.92 Å². The quantitative estimate of drug-likeness (QED) is 0.627. The minimum absolute atomic E-state index is 0.0192. The van der Waals surface area contributed by atoms with Crippen molar-refractivity contribution in [2.45, 2.75) is 20.3 Å². The molecule has 1 N–H and O–H groups in total. The van der Waals surface area contributed by atoms with Crippen LogP contribution in [0.5, 0.6) is 5.88 Å². The van der Waals surface area contributed by atoms with Crippen molar-refractivity contribution in [3.63, 3.8) is 0 Å². The van der Waals surface area contributed by atoms with Crippen molar-refractivity contribution < 1.29 is 9.90 Å². The third-order valence-corrected chi connectivity index (χ3v) is 6.28. The summed E-state index contributed by atoms with van der Waals surface area (Å²) in [6.45, 7) is 7.54. The second-order valence-corrected chi connectivity index (χ2v) is 8.60. The van der Waals surface area contributed by atoms with Crippen LogP contribution in [0.2, 0.25) is 0 Å². The lowest BCUT2D eigenvalue weighted by atomic mass is 10.0. The molecule has 1 saturated heterocycles. The third kappa shape index (κ3) is 4.59. The largest absolute Gasteiger partial charge is 0.493 e. The van der Waals surface area contributed by atoms with Gasteiger partial charge in [-0.05, 0) is 68.2 Å². The number of aromatic nitrogens is 3. The summed E-state index contributed by atoms with van der Waals surface area (Å²) in [6, 6.07) is 10.8. The van der Waals surface area contributed by atoms with Gasteiger partial charge in [-0.15, -0.1) is 0 Å². The molecule has 8 nitrogen and oxygen atoms in total. The van der Waals surface area contributed by atoms with Crippen LogP contribution >= 0.6 is 0 Å². The number of carbonyl (C=O) groups excluding carboxylic acids is 1. The molecule has 3 aromatic rings. The van der Waals surface area contributed by atoms with Gasteiger partial charge in [0.1, 0.15) is 0 Å². The number of hydrogen-bond donors (Lipinski definition) is 1. The van der Waals surface area contributed by atoms with E-state index < -0.39 is 0 Å². The average Bonchev–Trinajstić information content (AvgIpc) is 3.45. The summed E-state index contributed by atoms with van der Waals surface area (Å²) in [7, 11) is 2.10. The fourth-order valence-electron chi connectivity index (χ4n) is 4.29. The molecule has 2 aromatic heterocycles. The van der Waals surface area contributed by atoms with E-state index in [2.05, 4.69) is 35.0 Å². The standard InChI is InChI=1S/C25H28N6O2/c1-4-29(3)15-19-9-10-30(16-19)24(32)20-6-8-23(27-13-20)31-25(33)22(14-28-31)21-7-5-18(12-26)11-17(21)2/h5-8,11,13-14,19,33H,4,9-10,15-16H2,1-3H3. The van der Waals surface area contributed by atoms with Crippen molar-refractivity contribution in [3.05, 3.63) is 59.4 Å². The van der Waals surface area contributed by atoms with Gasteiger partial charge in [0.05, 0.1) is 29.0 Å². The van der Waals surface area contributed by atoms with Gasteiger partial charge < -0.3 is 14.9 Å². The van der Waals surface area contributed by atoms with Gasteiger partial charge in [0.25, 0.3) is 5.91 Å². The Kier molecular flexibility index (Phi) is 6.43. The molecular weight excluding hydrogens is 416 g/mol. The molecule has 8 heteroatoms. The molecule has 0 radical (unpaired) electrons. The highest BCUT2D eigenvalue weighted by molar-refractivity contribution is 5.94. The molecular formula is C25H28N6O2. The van der Waals surface area contributed by atoms with E-state index in [0.29, 0.717) is 28.4 Å². The molecule has 3 heterocycles. The van der Waals surface area contributed by atoms with Crippen molar-refractivity contribution >= 4 is 5.91 Å². The first-order valence-corrected chi connectivity index (χ1v) is 11.1. The maximum absolute atomic E-state index is 12.9. The first kappa shape index (κ1) is 22.5. The fourth-order valence-corrected chi connectivity index (χ4v) is 4.29. The van der Waals surface area contributed by atoms with E-state index in [-0.39, 0.29) is 11.8 Å². The van der Waals surface area contributed by atoms with Crippen LogP contribution in [0.25, 0.3) is 16.9 Å². The molecule has 0 saturated carbocycles. The maximum atomic E-state index is 12.9. The maximum Gasteiger partial charge on any atom is 0.255 e. The van der Waals surface area contributed by atoms with Gasteiger partial charge in [0.2, 0.25) is 5.88 Å². The lowest BCUT2D eigenvalue weighted by Gasteiger charge is -2.20. The van der Waals surface area contributed by atoms with E-state index >= 15 is 0 Å². The van der Waals surface area contributed by atoms with Gasteiger partial charge in [-0.3, -0.25) is 4.79 Å². The van der Waals surface area contributed by atoms with E-state index in [1.807, 2.05) is 11.8 Å². The summed E-state index contributed by atoms with van der Waals surface area (Å²) in [4.78, 5) is 21.5. The van der Waals surface area contributed by atoms with Crippen LogP contribution < -0.4 is 0 Å². The smallest absolute Gasteiger partial charge is 0.255 e. The monoisotopic (exact) mass is 444 g/mol. The third-order valence-electron chi connectivity index (χ3n) is 6.28. The molecule has 1 atom stereocenters. The Hall–Kier alpha value is -3.70. The highest BCUT2D eigenvalue weighted by Gasteiger charge is 2.27. The first-order valence-electron chi connectivity index (χ1n) is 11.1. The van der Waals surface area contributed by atoms with Gasteiger partial charge >= 0.3 is 0 Å². The molecule has 1 amide bonds. The second kappa shape index (κ2) is 9.43. The van der Waals surface area contributed by atoms with Crippen LogP contribution in [0, 0.1) is 24.2 Å². The van der Waals surface area contributed by atoms with Gasteiger partial charge in [0, 0.05) is 25.8 Å². The normalized spacial score (nSPS) is 15.7. The SMILES string of the molecule is CCN(C)CC1CCN(C(=O)c2ccc(-n3ncc(-c4ccc(C#N)cc4C)c3O)nc2)C1. The Morgan fingerprint density at radius 1 is 1.27 bits per heavy atom. The van der Waals surface area contributed by atoms with Crippen LogP contribution in [-0.2, 0) is 0 Å². The van der Waals surface area contributed by atoms with Crippen LogP contribution in [-0.4, -0.2) is 68.8 Å². The molecule has 1 aliphatic rings. The minimum Gasteiger partial charge on any atom is -0.493 e. The van der Waals surface area contributed by atoms with Gasteiger partial charge in [-0.2, -0.15) is 15.0 Å². The summed E-state index contributed by atoms with van der Waals surface area (Å²) in [5.41, 5.74) is 3.30. The van der Waals surface area contributed by atoms with E-state index in [4.69, 9.17) is 5.26 Å². The molecule has 0 bridgehead atoms. The highest BCUT2D eigenvalue weighted by Crippen LogP contribution is 2.33. The van der Waals surface area contributed by atoms with E-state index in [9.17, 15) is 9.90 Å². The number of nitriles is 1. The molecule has 1 aromatic carbocycles. The molecule has 0 spiro atoms. The van der Waals surface area contributed by atoms with Crippen molar-refractivity contribution in [1.82, 2.24) is 24.6 Å². The van der Waals surface area contributed by atoms with Crippen molar-refractivity contribution in [2.75, 3.05) is 33.2 Å². The lowest BCUT2D eigenvalue weighted by Crippen LogP contribution is -2.31. The van der Waals surface area contributed by atoms with E-state index in [1.54, 1.807) is 36.5 Å². The Morgan fingerprint density at radius 2 is 2.09 bits per heavy atom. The molecule has 1 unspecified atom stereocenters. The van der Waals surface area contributed by atoms with Gasteiger partial charge in [-0.25, -0.2) is 4.98 Å². The first-order chi connectivity index (χ1) is 15.9. The average molecular weight is 445 g/mol. The molecule has 0 aliphatic carbocycles. The summed E-state index contributed by atoms with van der Waals surface area (Å²) >= 11 is 0. The van der Waals surface area contributed by atoms with Crippen molar-refractivity contribution in [3.8, 4) is 28.9 Å². The molecule has 1 fully saturated rings. The number of carbonyl (C=O) groups is 1. The highest BCUT2D eigenvalue weighted by atomic mass is 16.3. The predicted octanol–water partition coefficient (Wildman–Crippen LogP) is 3.23. The number of hydrogen-bond acceptors (Lipinski definition) is 6. The zero-order chi connectivity index (χ0) is 23.5. The van der Waals surface area contributed by atoms with Gasteiger partial charge in [0.15, 0.2) is 5.82 Å². The van der Waals surface area contributed by atoms with Crippen LogP contribution in [0.4, 0.5) is 0 Å². The Morgan fingerprint density at radius 3 is 2.76 bits per heavy atom. The number of rotatable bonds is 6. The van der Waals surface area contributed by atoms with Crippen LogP contribution in [0.3, 0.4) is 0 Å². The summed E-state index contributed by atoms with van der Waals surface area (Å²) in [5, 5.41) is 24.1. The number of aromatic hydroxyl groups is 1. The minimum atomic E-state index is -0.0446. The number of aryl methyl sites for hydroxylation is 1. The number of nitrogens with zero attached hydrogens (tertiary/aromatic N) is 6. The Labute approximate surface area is 193 Å². The zero-order valence-corrected chi connectivity index (χ0v) is 19.2. The molecule has 33 heavy (non-hydrogen) atoms. The predicted molar refractivity (Wildman–Crippen MR) is 125 cm³/mol. The zero-order valence-electron chi connectivity index (χ0n) is 19.2. The van der Waals surface area contributed by atoms with Crippen LogP contribution in [0.15, 0.2) is 42.7 Å². The summed E-state index contributed by atoms with van der Waals surface area (Å²) < 4.78 is 1.34. The Bertz CT molecular complexity index is 1190. The molecule has 4 rings (SSSR count). The lowest BCUT2D eigenvalue weighted by molar-refractivity contribution is 0.0784. The second-order valence-electron chi connectivity index (χ2n) is 8.60. The Balaban J connectivity index is 1.49. The van der Waals surface area contributed by atoms with E-state index in [1.165, 1.54) is 10.9 Å². The summed E-state index contributed by atoms with van der Waals surface area (Å²) in [6.07, 6.45) is 4.12. The molecule has 1 aliphatic heterocycles. The summed E-state index contributed by atoms with van der Waals surface area (Å²) in [5.74, 6) is 0.854. The van der Waals surface area contributed by atoms with Crippen LogP contribution in [0.1, 0.15) is 34.8 Å². The molecule has 170 valence electrons. The number of amides is 1. The topological polar surface area (TPSA) is 98.3 Å². The van der Waals surface area contributed by atoms with Gasteiger partial charge in [-0.1, -0.05) is 13.0 Å². The van der Waals surface area contributed by atoms with E-state index in [0.717, 1.165) is 43.7 Å². The fraction of sp³-hybridized carbons (Fsp3) is 0.360.